The highest BCUT2D eigenvalue weighted by Crippen LogP contribution is 2.52. The molecule has 1 aliphatic rings. The number of ether oxygens (including phenoxy) is 2. The molecule has 1 saturated carbocycles. The van der Waals surface area contributed by atoms with Crippen LogP contribution < -0.4 is 0 Å². The van der Waals surface area contributed by atoms with E-state index < -0.39 is 52.7 Å². The van der Waals surface area contributed by atoms with Crippen LogP contribution in [0, 0.1) is 22.2 Å². The van der Waals surface area contributed by atoms with E-state index in [-0.39, 0.29) is 24.7 Å². The molecule has 0 aromatic heterocycles. The summed E-state index contributed by atoms with van der Waals surface area (Å²) in [4.78, 5) is 26.9. The largest absolute Gasteiger partial charge is 0.458 e. The first-order valence-electron chi connectivity index (χ1n) is 13.2. The predicted octanol–water partition coefficient (Wildman–Crippen LogP) is 8.56. The Bertz CT molecular complexity index is 767. The summed E-state index contributed by atoms with van der Waals surface area (Å²) in [6.45, 7) is 15.2. The Morgan fingerprint density at radius 2 is 1.30 bits per heavy atom. The second-order valence-electron chi connectivity index (χ2n) is 12.1. The highest BCUT2D eigenvalue weighted by molar-refractivity contribution is 5.80. The fourth-order valence-corrected chi connectivity index (χ4v) is 5.30. The van der Waals surface area contributed by atoms with Gasteiger partial charge in [0.1, 0.15) is 5.60 Å². The minimum atomic E-state index is -5.82. The van der Waals surface area contributed by atoms with Gasteiger partial charge in [-0.05, 0) is 62.7 Å². The van der Waals surface area contributed by atoms with Crippen LogP contribution in [0.25, 0.3) is 0 Å². The lowest BCUT2D eigenvalue weighted by molar-refractivity contribution is -0.316. The van der Waals surface area contributed by atoms with Crippen LogP contribution >= 0.6 is 0 Å². The van der Waals surface area contributed by atoms with E-state index in [9.17, 15) is 35.9 Å². The van der Waals surface area contributed by atoms with Crippen molar-refractivity contribution in [1.29, 1.82) is 0 Å². The van der Waals surface area contributed by atoms with Gasteiger partial charge in [-0.2, -0.15) is 26.3 Å². The highest BCUT2D eigenvalue weighted by atomic mass is 19.4. The van der Waals surface area contributed by atoms with Crippen LogP contribution in [-0.2, 0) is 19.1 Å². The number of hydrogen-bond donors (Lipinski definition) is 0. The molecule has 0 N–H and O–H groups in total. The molecule has 0 heterocycles. The van der Waals surface area contributed by atoms with E-state index in [4.69, 9.17) is 4.74 Å². The standard InChI is InChI=1S/C27H44F6O4/c1-9-18(19(34)36-20(26(28,29)30)27(31,32)33)25(15-13-12-14-16-25)37-21(35)24(8,23(6,7)11-3)17-22(4,5)10-2/h18,20H,9-17H2,1-8H3. The molecule has 0 spiro atoms. The number of carbonyl (C=O) groups is 2. The minimum absolute atomic E-state index is 0.136. The van der Waals surface area contributed by atoms with Gasteiger partial charge in [0, 0.05) is 0 Å². The van der Waals surface area contributed by atoms with Gasteiger partial charge in [-0.1, -0.05) is 61.3 Å². The molecule has 0 amide bonds. The number of esters is 2. The van der Waals surface area contributed by atoms with E-state index in [0.29, 0.717) is 25.7 Å². The molecule has 4 nitrogen and oxygen atoms in total. The number of hydrogen-bond acceptors (Lipinski definition) is 4. The third-order valence-corrected chi connectivity index (χ3v) is 8.77. The minimum Gasteiger partial charge on any atom is -0.458 e. The Kier molecular flexibility index (Phi) is 10.6. The van der Waals surface area contributed by atoms with E-state index in [1.54, 1.807) is 6.92 Å². The van der Waals surface area contributed by atoms with E-state index in [1.807, 2.05) is 41.5 Å². The SMILES string of the molecule is CCC(C(=O)OC(C(F)(F)F)C(F)(F)F)C1(OC(=O)C(C)(CC(C)(C)CC)C(C)(C)CC)CCCCC1. The van der Waals surface area contributed by atoms with Gasteiger partial charge >= 0.3 is 24.3 Å². The van der Waals surface area contributed by atoms with Crippen LogP contribution in [0.15, 0.2) is 0 Å². The van der Waals surface area contributed by atoms with E-state index >= 15 is 0 Å². The molecule has 10 heteroatoms. The fraction of sp³-hybridized carbons (Fsp3) is 0.926. The van der Waals surface area contributed by atoms with E-state index in [0.717, 1.165) is 12.8 Å². The third kappa shape index (κ3) is 7.78. The molecule has 1 rings (SSSR count). The first-order valence-corrected chi connectivity index (χ1v) is 13.2. The van der Waals surface area contributed by atoms with Crippen LogP contribution in [0.3, 0.4) is 0 Å². The van der Waals surface area contributed by atoms with E-state index in [1.165, 1.54) is 6.92 Å². The third-order valence-electron chi connectivity index (χ3n) is 8.77. The summed E-state index contributed by atoms with van der Waals surface area (Å²) in [5, 5.41) is 0. The van der Waals surface area contributed by atoms with Crippen LogP contribution in [0.1, 0.15) is 113 Å². The van der Waals surface area contributed by atoms with Gasteiger partial charge in [-0.15, -0.1) is 0 Å². The van der Waals surface area contributed by atoms with Crippen molar-refractivity contribution >= 4 is 11.9 Å². The van der Waals surface area contributed by atoms with Crippen LogP contribution in [0.4, 0.5) is 26.3 Å². The summed E-state index contributed by atoms with van der Waals surface area (Å²) in [7, 11) is 0. The molecule has 0 aromatic carbocycles. The summed E-state index contributed by atoms with van der Waals surface area (Å²) in [5.74, 6) is -3.70. The van der Waals surface area contributed by atoms with Gasteiger partial charge in [-0.25, -0.2) is 0 Å². The summed E-state index contributed by atoms with van der Waals surface area (Å²) < 4.78 is 89.0. The molecule has 218 valence electrons. The average Bonchev–Trinajstić information content (AvgIpc) is 2.76. The van der Waals surface area contributed by atoms with Crippen molar-refractivity contribution < 1.29 is 45.4 Å². The van der Waals surface area contributed by atoms with Gasteiger partial charge < -0.3 is 9.47 Å². The van der Waals surface area contributed by atoms with Crippen molar-refractivity contribution in [1.82, 2.24) is 0 Å². The van der Waals surface area contributed by atoms with Crippen LogP contribution in [-0.4, -0.2) is 36.0 Å². The van der Waals surface area contributed by atoms with Gasteiger partial charge in [0.25, 0.3) is 6.10 Å². The molecule has 1 aliphatic carbocycles. The Morgan fingerprint density at radius 3 is 1.68 bits per heavy atom. The molecular formula is C27H44F6O4. The zero-order valence-electron chi connectivity index (χ0n) is 23.4. The maximum Gasteiger partial charge on any atom is 0.434 e. The lowest BCUT2D eigenvalue weighted by Crippen LogP contribution is -2.55. The number of carbonyl (C=O) groups excluding carboxylic acids is 2. The second kappa shape index (κ2) is 11.7. The molecule has 1 fully saturated rings. The molecule has 2 atom stereocenters. The first kappa shape index (κ1) is 33.5. The van der Waals surface area contributed by atoms with Crippen molar-refractivity contribution in [3.8, 4) is 0 Å². The monoisotopic (exact) mass is 546 g/mol. The maximum absolute atomic E-state index is 14.0. The fourth-order valence-electron chi connectivity index (χ4n) is 5.30. The first-order chi connectivity index (χ1) is 16.6. The molecule has 0 aliphatic heterocycles. The lowest BCUT2D eigenvalue weighted by Gasteiger charge is -2.49. The number of halogens is 6. The normalized spacial score (nSPS) is 19.8. The van der Waals surface area contributed by atoms with Gasteiger partial charge in [0.15, 0.2) is 0 Å². The number of rotatable bonds is 11. The molecule has 0 aromatic rings. The average molecular weight is 547 g/mol. The smallest absolute Gasteiger partial charge is 0.434 e. The van der Waals surface area contributed by atoms with Crippen molar-refractivity contribution in [2.45, 2.75) is 137 Å². The topological polar surface area (TPSA) is 52.6 Å². The van der Waals surface area contributed by atoms with Gasteiger partial charge in [0.05, 0.1) is 11.3 Å². The van der Waals surface area contributed by atoms with Crippen LogP contribution in [0.5, 0.6) is 0 Å². The van der Waals surface area contributed by atoms with E-state index in [2.05, 4.69) is 4.74 Å². The van der Waals surface area contributed by atoms with Gasteiger partial charge in [0.2, 0.25) is 0 Å². The Morgan fingerprint density at radius 1 is 0.811 bits per heavy atom. The van der Waals surface area contributed by atoms with Crippen molar-refractivity contribution in [3.05, 3.63) is 0 Å². The molecule has 0 bridgehead atoms. The Balaban J connectivity index is 3.49. The zero-order chi connectivity index (χ0) is 29.1. The summed E-state index contributed by atoms with van der Waals surface area (Å²) in [6.07, 6.45) is -12.0. The molecule has 0 radical (unpaired) electrons. The second-order valence-corrected chi connectivity index (χ2v) is 12.1. The summed E-state index contributed by atoms with van der Waals surface area (Å²) in [6, 6.07) is 0. The zero-order valence-corrected chi connectivity index (χ0v) is 23.4. The Labute approximate surface area is 217 Å². The number of alkyl halides is 6. The molecule has 0 saturated heterocycles. The molecular weight excluding hydrogens is 502 g/mol. The molecule has 37 heavy (non-hydrogen) atoms. The Hall–Kier alpha value is -1.48. The quantitative estimate of drug-likeness (QED) is 0.192. The summed E-state index contributed by atoms with van der Waals surface area (Å²) in [5.41, 5.74) is -3.33. The lowest BCUT2D eigenvalue weighted by atomic mass is 9.58. The highest BCUT2D eigenvalue weighted by Gasteiger charge is 2.61. The predicted molar refractivity (Wildman–Crippen MR) is 129 cm³/mol. The molecule has 2 unspecified atom stereocenters. The van der Waals surface area contributed by atoms with Crippen molar-refractivity contribution in [2.75, 3.05) is 0 Å². The maximum atomic E-state index is 14.0. The van der Waals surface area contributed by atoms with Crippen LogP contribution in [0.2, 0.25) is 0 Å². The van der Waals surface area contributed by atoms with Crippen molar-refractivity contribution in [2.24, 2.45) is 22.2 Å². The van der Waals surface area contributed by atoms with Crippen molar-refractivity contribution in [3.63, 3.8) is 0 Å². The van der Waals surface area contributed by atoms with Gasteiger partial charge in [-0.3, -0.25) is 9.59 Å². The summed E-state index contributed by atoms with van der Waals surface area (Å²) >= 11 is 0.